The van der Waals surface area contributed by atoms with Crippen LogP contribution in [0.25, 0.3) is 0 Å². The molecule has 0 aliphatic rings. The molecule has 1 unspecified atom stereocenters. The molecule has 2 N–H and O–H groups in total. The number of aliphatic carboxylic acids is 1. The fourth-order valence-corrected chi connectivity index (χ4v) is 0.502. The summed E-state index contributed by atoms with van der Waals surface area (Å²) < 4.78 is 0. The summed E-state index contributed by atoms with van der Waals surface area (Å²) in [5, 5.41) is 11.0. The van der Waals surface area contributed by atoms with E-state index in [9.17, 15) is 4.79 Å². The summed E-state index contributed by atoms with van der Waals surface area (Å²) in [4.78, 5) is 26.3. The Kier molecular flexibility index (Phi) is 10.00. The maximum atomic E-state index is 10.1. The van der Waals surface area contributed by atoms with Crippen molar-refractivity contribution in [3.63, 3.8) is 0 Å². The zero-order valence-corrected chi connectivity index (χ0v) is 6.46. The van der Waals surface area contributed by atoms with Gasteiger partial charge in [-0.3, -0.25) is 4.79 Å². The first kappa shape index (κ1) is 12.5. The lowest BCUT2D eigenvalue weighted by atomic mass is 10.2. The molecule has 0 heterocycles. The zero-order chi connectivity index (χ0) is 9.28. The van der Waals surface area contributed by atoms with Gasteiger partial charge in [0, 0.05) is 0 Å². The number of nitrogens with one attached hydrogen (secondary N) is 1. The van der Waals surface area contributed by atoms with E-state index >= 15 is 0 Å². The number of carboxylic acids is 1. The third-order valence-electron chi connectivity index (χ3n) is 1.05. The number of carbonyl (C=O) groups excluding carboxylic acids is 2. The third-order valence-corrected chi connectivity index (χ3v) is 1.05. The Morgan fingerprint density at radius 2 is 2.00 bits per heavy atom. The summed E-state index contributed by atoms with van der Waals surface area (Å²) in [6, 6.07) is -0.380. The molecule has 0 fully saturated rings. The fraction of sp³-hybridized carbons (Fsp3) is 0.667. The minimum Gasteiger partial charge on any atom is -0.480 e. The van der Waals surface area contributed by atoms with Crippen molar-refractivity contribution in [2.24, 2.45) is 0 Å². The fourth-order valence-electron chi connectivity index (χ4n) is 0.502. The minimum absolute atomic E-state index is 0.250. The molecule has 0 aromatic heterocycles. The van der Waals surface area contributed by atoms with Gasteiger partial charge in [-0.15, -0.1) is 0 Å². The van der Waals surface area contributed by atoms with E-state index in [0.717, 1.165) is 0 Å². The highest BCUT2D eigenvalue weighted by atomic mass is 16.4. The van der Waals surface area contributed by atoms with Crippen molar-refractivity contribution in [1.82, 2.24) is 5.32 Å². The normalized spacial score (nSPS) is 10.4. The molecule has 0 rings (SSSR count). The molecule has 0 saturated carbocycles. The second-order valence-corrected chi connectivity index (χ2v) is 1.67. The molecule has 0 aliphatic heterocycles. The van der Waals surface area contributed by atoms with Gasteiger partial charge >= 0.3 is 12.1 Å². The molecule has 11 heavy (non-hydrogen) atoms. The van der Waals surface area contributed by atoms with E-state index in [2.05, 4.69) is 5.32 Å². The highest BCUT2D eigenvalue weighted by molar-refractivity contribution is 5.73. The van der Waals surface area contributed by atoms with Gasteiger partial charge < -0.3 is 10.4 Å². The first-order valence-electron chi connectivity index (χ1n) is 3.03. The molecule has 0 spiro atoms. The first-order chi connectivity index (χ1) is 5.13. The van der Waals surface area contributed by atoms with Crippen molar-refractivity contribution in [2.75, 3.05) is 7.05 Å². The van der Waals surface area contributed by atoms with Gasteiger partial charge in [0.25, 0.3) is 0 Å². The average Bonchev–Trinajstić information content (AvgIpc) is 1.91. The molecular weight excluding hydrogens is 150 g/mol. The third kappa shape index (κ3) is 8.81. The van der Waals surface area contributed by atoms with Gasteiger partial charge in [-0.05, 0) is 13.5 Å². The van der Waals surface area contributed by atoms with Crippen LogP contribution in [0.15, 0.2) is 0 Å². The van der Waals surface area contributed by atoms with Crippen LogP contribution in [0.1, 0.15) is 13.3 Å². The summed E-state index contributed by atoms with van der Waals surface area (Å²) in [5.74, 6) is -0.782. The van der Waals surface area contributed by atoms with Crippen molar-refractivity contribution >= 4 is 12.1 Å². The number of hydrogen-bond donors (Lipinski definition) is 2. The molecule has 1 atom stereocenters. The standard InChI is InChI=1S/C5H11NO2.CO2/c1-3-4(6-2)5(7)8;2-1-3/h4,6H,3H2,1-2H3,(H,7,8);. The van der Waals surface area contributed by atoms with Gasteiger partial charge in [0.2, 0.25) is 0 Å². The Balaban J connectivity index is 0. The Hall–Kier alpha value is -1.19. The molecule has 5 heteroatoms. The van der Waals surface area contributed by atoms with E-state index in [0.29, 0.717) is 6.42 Å². The topological polar surface area (TPSA) is 83.5 Å². The summed E-state index contributed by atoms with van der Waals surface area (Å²) >= 11 is 0. The van der Waals surface area contributed by atoms with Gasteiger partial charge in [-0.25, -0.2) is 0 Å². The molecule has 0 amide bonds. The number of hydrogen-bond acceptors (Lipinski definition) is 4. The van der Waals surface area contributed by atoms with Crippen LogP contribution in [-0.4, -0.2) is 30.3 Å². The minimum atomic E-state index is -0.782. The summed E-state index contributed by atoms with van der Waals surface area (Å²) in [7, 11) is 1.64. The Bertz CT molecular complexity index is 136. The van der Waals surface area contributed by atoms with Crippen LogP contribution in [0.3, 0.4) is 0 Å². The average molecular weight is 161 g/mol. The highest BCUT2D eigenvalue weighted by Crippen LogP contribution is 1.86. The number of carboxylic acid groups (broad SMARTS) is 1. The van der Waals surface area contributed by atoms with Crippen LogP contribution in [0, 0.1) is 0 Å². The van der Waals surface area contributed by atoms with E-state index in [1.54, 1.807) is 7.05 Å². The second kappa shape index (κ2) is 8.81. The van der Waals surface area contributed by atoms with Crippen molar-refractivity contribution in [1.29, 1.82) is 0 Å². The zero-order valence-electron chi connectivity index (χ0n) is 6.46. The van der Waals surface area contributed by atoms with Gasteiger partial charge in [-0.1, -0.05) is 6.92 Å². The Labute approximate surface area is 64.4 Å². The molecule has 0 bridgehead atoms. The van der Waals surface area contributed by atoms with E-state index < -0.39 is 5.97 Å². The maximum absolute atomic E-state index is 10.1. The molecule has 0 aromatic carbocycles. The lowest BCUT2D eigenvalue weighted by Crippen LogP contribution is -2.32. The van der Waals surface area contributed by atoms with Crippen LogP contribution >= 0.6 is 0 Å². The Morgan fingerprint density at radius 3 is 2.00 bits per heavy atom. The number of carbonyl (C=O) groups is 1. The first-order valence-corrected chi connectivity index (χ1v) is 3.03. The van der Waals surface area contributed by atoms with Gasteiger partial charge in [0.05, 0.1) is 0 Å². The van der Waals surface area contributed by atoms with Crippen LogP contribution in [0.2, 0.25) is 0 Å². The van der Waals surface area contributed by atoms with Gasteiger partial charge in [0.15, 0.2) is 0 Å². The summed E-state index contributed by atoms with van der Waals surface area (Å²) in [5.41, 5.74) is 0. The second-order valence-electron chi connectivity index (χ2n) is 1.67. The van der Waals surface area contributed by atoms with Crippen LogP contribution in [0.4, 0.5) is 0 Å². The number of likely N-dealkylation sites (N-methyl/N-ethyl adjacent to an activating group) is 1. The lowest BCUT2D eigenvalue weighted by Gasteiger charge is -2.05. The van der Waals surface area contributed by atoms with Crippen LogP contribution in [0.5, 0.6) is 0 Å². The van der Waals surface area contributed by atoms with Crippen molar-refractivity contribution in [2.45, 2.75) is 19.4 Å². The molecular formula is C6H11NO4. The molecule has 0 aliphatic carbocycles. The molecule has 0 saturated heterocycles. The van der Waals surface area contributed by atoms with Crippen LogP contribution in [-0.2, 0) is 14.4 Å². The monoisotopic (exact) mass is 161 g/mol. The van der Waals surface area contributed by atoms with E-state index in [-0.39, 0.29) is 12.2 Å². The Morgan fingerprint density at radius 1 is 1.64 bits per heavy atom. The predicted molar refractivity (Wildman–Crippen MR) is 35.8 cm³/mol. The predicted octanol–water partition coefficient (Wildman–Crippen LogP) is -0.514. The van der Waals surface area contributed by atoms with Gasteiger partial charge in [0.1, 0.15) is 6.04 Å². The summed E-state index contributed by atoms with van der Waals surface area (Å²) in [6.45, 7) is 1.83. The molecule has 64 valence electrons. The summed E-state index contributed by atoms with van der Waals surface area (Å²) in [6.07, 6.45) is 0.881. The quantitative estimate of drug-likeness (QED) is 0.582. The van der Waals surface area contributed by atoms with Crippen LogP contribution < -0.4 is 5.32 Å². The van der Waals surface area contributed by atoms with E-state index in [1.165, 1.54) is 0 Å². The maximum Gasteiger partial charge on any atom is 0.373 e. The van der Waals surface area contributed by atoms with E-state index in [1.807, 2.05) is 6.92 Å². The smallest absolute Gasteiger partial charge is 0.373 e. The molecule has 5 nitrogen and oxygen atoms in total. The van der Waals surface area contributed by atoms with Gasteiger partial charge in [-0.2, -0.15) is 9.59 Å². The van der Waals surface area contributed by atoms with E-state index in [4.69, 9.17) is 14.7 Å². The molecule has 0 radical (unpaired) electrons. The SMILES string of the molecule is CCC(NC)C(=O)O.O=C=O. The highest BCUT2D eigenvalue weighted by Gasteiger charge is 2.09. The number of rotatable bonds is 3. The molecule has 0 aromatic rings. The van der Waals surface area contributed by atoms with Crippen molar-refractivity contribution < 1.29 is 19.5 Å². The van der Waals surface area contributed by atoms with Crippen molar-refractivity contribution in [3.05, 3.63) is 0 Å². The lowest BCUT2D eigenvalue weighted by molar-refractivity contribution is -0.191. The van der Waals surface area contributed by atoms with Crippen molar-refractivity contribution in [3.8, 4) is 0 Å². The largest absolute Gasteiger partial charge is 0.480 e.